The third kappa shape index (κ3) is 4.84. The number of rotatable bonds is 5. The van der Waals surface area contributed by atoms with Gasteiger partial charge in [-0.3, -0.25) is 0 Å². The maximum Gasteiger partial charge on any atom is 0.0464 e. The molecule has 4 aromatic rings. The predicted octanol–water partition coefficient (Wildman–Crippen LogP) is 8.87. The van der Waals surface area contributed by atoms with E-state index in [1.807, 2.05) is 0 Å². The molecular weight excluding hydrogens is 386 g/mol. The Bertz CT molecular complexity index is 1230. The Kier molecular flexibility index (Phi) is 6.28. The lowest BCUT2D eigenvalue weighted by Crippen LogP contribution is -2.10. The minimum Gasteiger partial charge on any atom is -0.310 e. The van der Waals surface area contributed by atoms with Crippen molar-refractivity contribution in [1.29, 1.82) is 0 Å². The van der Waals surface area contributed by atoms with Crippen molar-refractivity contribution in [3.8, 4) is 0 Å². The normalized spacial score (nSPS) is 11.2. The van der Waals surface area contributed by atoms with Crippen LogP contribution in [0, 0.1) is 34.6 Å². The fraction of sp³-hybridized carbons (Fsp3) is 0.161. The minimum absolute atomic E-state index is 1.17. The molecule has 0 aliphatic heterocycles. The van der Waals surface area contributed by atoms with E-state index in [9.17, 15) is 0 Å². The van der Waals surface area contributed by atoms with Gasteiger partial charge in [0.05, 0.1) is 0 Å². The van der Waals surface area contributed by atoms with Crippen molar-refractivity contribution in [2.75, 3.05) is 4.90 Å². The summed E-state index contributed by atoms with van der Waals surface area (Å²) in [4.78, 5) is 2.34. The van der Waals surface area contributed by atoms with Gasteiger partial charge in [-0.05, 0) is 104 Å². The second-order valence-corrected chi connectivity index (χ2v) is 8.75. The zero-order chi connectivity index (χ0) is 22.7. The Hall–Kier alpha value is -3.58. The molecule has 0 saturated heterocycles. The van der Waals surface area contributed by atoms with Crippen LogP contribution >= 0.6 is 0 Å². The quantitative estimate of drug-likeness (QED) is 0.293. The van der Waals surface area contributed by atoms with Gasteiger partial charge in [-0.2, -0.15) is 0 Å². The number of aryl methyl sites for hydroxylation is 5. The zero-order valence-electron chi connectivity index (χ0n) is 19.7. The molecule has 0 amide bonds. The third-order valence-corrected chi connectivity index (χ3v) is 5.90. The van der Waals surface area contributed by atoms with Gasteiger partial charge in [-0.1, -0.05) is 66.2 Å². The summed E-state index contributed by atoms with van der Waals surface area (Å²) < 4.78 is 0. The van der Waals surface area contributed by atoms with Crippen molar-refractivity contribution in [3.63, 3.8) is 0 Å². The highest BCUT2D eigenvalue weighted by Gasteiger charge is 2.13. The Morgan fingerprint density at radius 2 is 0.938 bits per heavy atom. The van der Waals surface area contributed by atoms with Crippen LogP contribution in [0.15, 0.2) is 84.9 Å². The second-order valence-electron chi connectivity index (χ2n) is 8.75. The molecular formula is C31H31N. The molecule has 1 heteroatoms. The average molecular weight is 418 g/mol. The van der Waals surface area contributed by atoms with Gasteiger partial charge < -0.3 is 4.90 Å². The van der Waals surface area contributed by atoms with Crippen LogP contribution in [0.4, 0.5) is 17.1 Å². The summed E-state index contributed by atoms with van der Waals surface area (Å²) >= 11 is 0. The van der Waals surface area contributed by atoms with Crippen LogP contribution < -0.4 is 4.90 Å². The molecule has 4 aromatic carbocycles. The number of hydrogen-bond acceptors (Lipinski definition) is 1. The van der Waals surface area contributed by atoms with Crippen LogP contribution in [-0.4, -0.2) is 0 Å². The summed E-state index contributed by atoms with van der Waals surface area (Å²) in [6.45, 7) is 10.8. The maximum atomic E-state index is 2.34. The summed E-state index contributed by atoms with van der Waals surface area (Å²) in [6, 6.07) is 30.7. The lowest BCUT2D eigenvalue weighted by Gasteiger charge is -2.26. The average Bonchev–Trinajstić information content (AvgIpc) is 2.75. The molecule has 0 saturated carbocycles. The fourth-order valence-corrected chi connectivity index (χ4v) is 4.16. The highest BCUT2D eigenvalue weighted by Crippen LogP contribution is 2.36. The van der Waals surface area contributed by atoms with Gasteiger partial charge in [0.2, 0.25) is 0 Å². The molecule has 0 aliphatic carbocycles. The van der Waals surface area contributed by atoms with Crippen molar-refractivity contribution in [2.24, 2.45) is 0 Å². The van der Waals surface area contributed by atoms with Crippen LogP contribution in [0.5, 0.6) is 0 Å². The van der Waals surface area contributed by atoms with Crippen molar-refractivity contribution in [2.45, 2.75) is 34.6 Å². The molecule has 0 aromatic heterocycles. The van der Waals surface area contributed by atoms with Gasteiger partial charge in [-0.25, -0.2) is 0 Å². The second kappa shape index (κ2) is 9.28. The number of hydrogen-bond donors (Lipinski definition) is 0. The Labute approximate surface area is 192 Å². The monoisotopic (exact) mass is 417 g/mol. The fourth-order valence-electron chi connectivity index (χ4n) is 4.16. The summed E-state index contributed by atoms with van der Waals surface area (Å²) in [5.41, 5.74) is 12.4. The summed E-state index contributed by atoms with van der Waals surface area (Å²) in [5.74, 6) is 0. The van der Waals surface area contributed by atoms with E-state index in [1.165, 1.54) is 56.0 Å². The molecule has 0 bridgehead atoms. The van der Waals surface area contributed by atoms with Gasteiger partial charge in [0, 0.05) is 17.1 Å². The number of benzene rings is 4. The van der Waals surface area contributed by atoms with Crippen LogP contribution in [0.1, 0.15) is 38.9 Å². The third-order valence-electron chi connectivity index (χ3n) is 5.90. The van der Waals surface area contributed by atoms with Gasteiger partial charge in [0.15, 0.2) is 0 Å². The SMILES string of the molecule is Cc1cccc(N(c2cccc(C)c2)c2ccc(C=Cc3ccc(C)cc3C)c(C)c2)c1. The first-order valence-corrected chi connectivity index (χ1v) is 11.2. The summed E-state index contributed by atoms with van der Waals surface area (Å²) in [6.07, 6.45) is 4.44. The van der Waals surface area contributed by atoms with Crippen molar-refractivity contribution < 1.29 is 0 Å². The predicted molar refractivity (Wildman–Crippen MR) is 140 cm³/mol. The molecule has 160 valence electrons. The van der Waals surface area contributed by atoms with E-state index in [0.29, 0.717) is 0 Å². The van der Waals surface area contributed by atoms with Gasteiger partial charge in [0.25, 0.3) is 0 Å². The van der Waals surface area contributed by atoms with E-state index in [4.69, 9.17) is 0 Å². The van der Waals surface area contributed by atoms with Gasteiger partial charge >= 0.3 is 0 Å². The van der Waals surface area contributed by atoms with Crippen molar-refractivity contribution in [1.82, 2.24) is 0 Å². The first-order chi connectivity index (χ1) is 15.4. The van der Waals surface area contributed by atoms with E-state index in [-0.39, 0.29) is 0 Å². The summed E-state index contributed by atoms with van der Waals surface area (Å²) in [7, 11) is 0. The first kappa shape index (κ1) is 21.6. The van der Waals surface area contributed by atoms with E-state index >= 15 is 0 Å². The van der Waals surface area contributed by atoms with E-state index < -0.39 is 0 Å². The Morgan fingerprint density at radius 3 is 1.44 bits per heavy atom. The molecule has 0 N–H and O–H groups in total. The highest BCUT2D eigenvalue weighted by atomic mass is 15.1. The lowest BCUT2D eigenvalue weighted by molar-refractivity contribution is 1.25. The van der Waals surface area contributed by atoms with Crippen LogP contribution in [0.3, 0.4) is 0 Å². The molecule has 32 heavy (non-hydrogen) atoms. The largest absolute Gasteiger partial charge is 0.310 e. The smallest absolute Gasteiger partial charge is 0.0464 e. The van der Waals surface area contributed by atoms with Crippen LogP contribution in [-0.2, 0) is 0 Å². The molecule has 1 nitrogen and oxygen atoms in total. The van der Waals surface area contributed by atoms with E-state index in [0.717, 1.165) is 0 Å². The molecule has 0 spiro atoms. The standard InChI is InChI=1S/C31H31N/c1-22-8-6-10-29(19-22)32(30-11-7-9-23(2)20-30)31-17-16-28(26(5)21-31)15-14-27-13-12-24(3)18-25(27)4/h6-21H,1-5H3. The Balaban J connectivity index is 1.73. The van der Waals surface area contributed by atoms with Crippen LogP contribution in [0.25, 0.3) is 12.2 Å². The van der Waals surface area contributed by atoms with Crippen LogP contribution in [0.2, 0.25) is 0 Å². The zero-order valence-corrected chi connectivity index (χ0v) is 19.7. The number of anilines is 3. The number of nitrogens with zero attached hydrogens (tertiary/aromatic N) is 1. The first-order valence-electron chi connectivity index (χ1n) is 11.2. The summed E-state index contributed by atoms with van der Waals surface area (Å²) in [5, 5.41) is 0. The molecule has 0 atom stereocenters. The molecule has 0 aliphatic rings. The Morgan fingerprint density at radius 1 is 0.469 bits per heavy atom. The molecule has 0 unspecified atom stereocenters. The van der Waals surface area contributed by atoms with Gasteiger partial charge in [0.1, 0.15) is 0 Å². The van der Waals surface area contributed by atoms with E-state index in [1.54, 1.807) is 0 Å². The minimum atomic E-state index is 1.17. The molecule has 0 radical (unpaired) electrons. The maximum absolute atomic E-state index is 2.34. The topological polar surface area (TPSA) is 3.24 Å². The van der Waals surface area contributed by atoms with E-state index in [2.05, 4.69) is 137 Å². The van der Waals surface area contributed by atoms with Crippen molar-refractivity contribution in [3.05, 3.63) is 124 Å². The molecule has 0 heterocycles. The molecule has 0 fully saturated rings. The lowest BCUT2D eigenvalue weighted by atomic mass is 10.0. The molecule has 4 rings (SSSR count). The van der Waals surface area contributed by atoms with Gasteiger partial charge in [-0.15, -0.1) is 0 Å². The van der Waals surface area contributed by atoms with Crippen molar-refractivity contribution >= 4 is 29.2 Å². The highest BCUT2D eigenvalue weighted by molar-refractivity contribution is 5.80.